The molecule has 1 unspecified atom stereocenters. The second kappa shape index (κ2) is 7.81. The van der Waals surface area contributed by atoms with Gasteiger partial charge in [-0.15, -0.1) is 0 Å². The Morgan fingerprint density at radius 2 is 2.07 bits per heavy atom. The van der Waals surface area contributed by atoms with E-state index in [9.17, 15) is 9.18 Å². The number of likely N-dealkylation sites (tertiary alicyclic amines) is 1. The van der Waals surface area contributed by atoms with Crippen LogP contribution in [0.15, 0.2) is 49.3 Å². The maximum atomic E-state index is 15.7. The predicted octanol–water partition coefficient (Wildman–Crippen LogP) is 5.40. The van der Waals surface area contributed by atoms with Crippen LogP contribution in [-0.4, -0.2) is 33.9 Å². The third-order valence-electron chi connectivity index (χ3n) is 5.15. The maximum Gasteiger partial charge on any atom is 0.246 e. The normalized spacial score (nSPS) is 18.6. The molecule has 1 atom stereocenters. The number of benzene rings is 2. The molecule has 1 aromatic heterocycles. The number of aromatic nitrogens is 2. The Bertz CT molecular complexity index is 1170. The van der Waals surface area contributed by atoms with Gasteiger partial charge < -0.3 is 10.2 Å². The smallest absolute Gasteiger partial charge is 0.246 e. The molecule has 1 fully saturated rings. The van der Waals surface area contributed by atoms with Crippen molar-refractivity contribution in [3.63, 3.8) is 0 Å². The number of nitrogens with one attached hydrogen (secondary N) is 1. The summed E-state index contributed by atoms with van der Waals surface area (Å²) in [5.41, 5.74) is -0.693. The summed E-state index contributed by atoms with van der Waals surface area (Å²) in [5, 5.41) is 3.27. The number of carbonyl (C=O) groups excluding carboxylic acids is 1. The molecule has 1 N–H and O–H groups in total. The number of rotatable bonds is 4. The SMILES string of the molecule is C=CC(=O)N1CCC(F)(c2ccc3ncnc(Nc4ccc(Cl)c(Cl)c4F)c3c2)C1. The standard InChI is InChI=1S/C21H16Cl2F2N4O/c1-2-17(30)29-8-7-21(25,10-29)12-3-5-15-13(9-12)20(27-11-26-15)28-16-6-4-14(22)18(23)19(16)24/h2-6,9,11H,1,7-8,10H2,(H,26,27,28). The van der Waals surface area contributed by atoms with Crippen LogP contribution in [0.25, 0.3) is 10.9 Å². The topological polar surface area (TPSA) is 58.1 Å². The molecule has 0 aliphatic carbocycles. The van der Waals surface area contributed by atoms with E-state index in [1.165, 1.54) is 29.4 Å². The van der Waals surface area contributed by atoms with E-state index in [0.29, 0.717) is 28.8 Å². The number of anilines is 2. The first-order chi connectivity index (χ1) is 14.3. The van der Waals surface area contributed by atoms with E-state index in [0.717, 1.165) is 0 Å². The predicted molar refractivity (Wildman–Crippen MR) is 113 cm³/mol. The summed E-state index contributed by atoms with van der Waals surface area (Å²) < 4.78 is 30.1. The van der Waals surface area contributed by atoms with Gasteiger partial charge in [0.05, 0.1) is 27.8 Å². The lowest BCUT2D eigenvalue weighted by molar-refractivity contribution is -0.125. The second-order valence-electron chi connectivity index (χ2n) is 6.98. The van der Waals surface area contributed by atoms with Crippen molar-refractivity contribution in [1.82, 2.24) is 14.9 Å². The molecule has 1 aliphatic heterocycles. The van der Waals surface area contributed by atoms with Crippen molar-refractivity contribution < 1.29 is 13.6 Å². The Labute approximate surface area is 181 Å². The van der Waals surface area contributed by atoms with E-state index in [2.05, 4.69) is 21.9 Å². The summed E-state index contributed by atoms with van der Waals surface area (Å²) in [6.07, 6.45) is 2.66. The fourth-order valence-electron chi connectivity index (χ4n) is 3.51. The van der Waals surface area contributed by atoms with E-state index in [4.69, 9.17) is 23.2 Å². The van der Waals surface area contributed by atoms with Crippen LogP contribution in [0.5, 0.6) is 0 Å². The minimum Gasteiger partial charge on any atom is -0.337 e. The number of hydrogen-bond donors (Lipinski definition) is 1. The Hall–Kier alpha value is -2.77. The average Bonchev–Trinajstić information content (AvgIpc) is 3.17. The van der Waals surface area contributed by atoms with Crippen LogP contribution in [0.4, 0.5) is 20.3 Å². The number of carbonyl (C=O) groups is 1. The monoisotopic (exact) mass is 448 g/mol. The van der Waals surface area contributed by atoms with Crippen molar-refractivity contribution in [1.29, 1.82) is 0 Å². The molecule has 2 heterocycles. The van der Waals surface area contributed by atoms with Gasteiger partial charge >= 0.3 is 0 Å². The quantitative estimate of drug-likeness (QED) is 0.428. The third-order valence-corrected chi connectivity index (χ3v) is 5.93. The van der Waals surface area contributed by atoms with Crippen LogP contribution >= 0.6 is 23.2 Å². The first-order valence-corrected chi connectivity index (χ1v) is 9.84. The van der Waals surface area contributed by atoms with Crippen molar-refractivity contribution in [3.05, 3.63) is 70.7 Å². The number of nitrogens with zero attached hydrogens (tertiary/aromatic N) is 3. The van der Waals surface area contributed by atoms with E-state index >= 15 is 4.39 Å². The molecule has 30 heavy (non-hydrogen) atoms. The molecular formula is C21H16Cl2F2N4O. The zero-order valence-corrected chi connectivity index (χ0v) is 17.1. The first kappa shape index (κ1) is 20.5. The van der Waals surface area contributed by atoms with Crippen LogP contribution in [0.1, 0.15) is 12.0 Å². The van der Waals surface area contributed by atoms with E-state index in [1.807, 2.05) is 0 Å². The molecule has 5 nitrogen and oxygen atoms in total. The summed E-state index contributed by atoms with van der Waals surface area (Å²) in [6.45, 7) is 3.68. The second-order valence-corrected chi connectivity index (χ2v) is 7.77. The maximum absolute atomic E-state index is 15.7. The molecular weight excluding hydrogens is 433 g/mol. The zero-order valence-electron chi connectivity index (χ0n) is 15.6. The fraction of sp³-hybridized carbons (Fsp3) is 0.190. The summed E-state index contributed by atoms with van der Waals surface area (Å²) in [6, 6.07) is 7.83. The van der Waals surface area contributed by atoms with Crippen molar-refractivity contribution >= 4 is 51.5 Å². The molecule has 2 aromatic carbocycles. The fourth-order valence-corrected chi connectivity index (χ4v) is 3.82. The van der Waals surface area contributed by atoms with E-state index in [-0.39, 0.29) is 34.6 Å². The molecule has 0 bridgehead atoms. The highest BCUT2D eigenvalue weighted by Crippen LogP contribution is 2.39. The van der Waals surface area contributed by atoms with Crippen LogP contribution in [-0.2, 0) is 10.5 Å². The lowest BCUT2D eigenvalue weighted by atomic mass is 9.93. The molecule has 4 rings (SSSR count). The molecule has 0 radical (unpaired) electrons. The number of fused-ring (bicyclic) bond motifs is 1. The van der Waals surface area contributed by atoms with Gasteiger partial charge in [-0.25, -0.2) is 18.7 Å². The first-order valence-electron chi connectivity index (χ1n) is 9.08. The molecule has 1 amide bonds. The van der Waals surface area contributed by atoms with Crippen LogP contribution in [0.2, 0.25) is 10.0 Å². The van der Waals surface area contributed by atoms with Gasteiger partial charge in [0, 0.05) is 18.4 Å². The number of amides is 1. The largest absolute Gasteiger partial charge is 0.337 e. The van der Waals surface area contributed by atoms with Crippen molar-refractivity contribution in [2.75, 3.05) is 18.4 Å². The van der Waals surface area contributed by atoms with Gasteiger partial charge in [-0.2, -0.15) is 0 Å². The molecule has 154 valence electrons. The summed E-state index contributed by atoms with van der Waals surface area (Å²) >= 11 is 11.7. The Morgan fingerprint density at radius 1 is 1.27 bits per heavy atom. The van der Waals surface area contributed by atoms with Crippen LogP contribution in [0, 0.1) is 5.82 Å². The zero-order chi connectivity index (χ0) is 21.5. The van der Waals surface area contributed by atoms with E-state index in [1.54, 1.807) is 18.2 Å². The molecule has 9 heteroatoms. The Balaban J connectivity index is 1.72. The van der Waals surface area contributed by atoms with Gasteiger partial charge in [0.15, 0.2) is 11.5 Å². The highest BCUT2D eigenvalue weighted by molar-refractivity contribution is 6.42. The lowest BCUT2D eigenvalue weighted by Crippen LogP contribution is -2.30. The minimum absolute atomic E-state index is 0.0682. The highest BCUT2D eigenvalue weighted by atomic mass is 35.5. The molecule has 1 saturated heterocycles. The third kappa shape index (κ3) is 3.59. The number of halogens is 4. The minimum atomic E-state index is -1.71. The van der Waals surface area contributed by atoms with Crippen LogP contribution in [0.3, 0.4) is 0 Å². The van der Waals surface area contributed by atoms with Gasteiger partial charge in [-0.3, -0.25) is 4.79 Å². The van der Waals surface area contributed by atoms with Gasteiger partial charge in [-0.05, 0) is 35.9 Å². The number of hydrogen-bond acceptors (Lipinski definition) is 4. The highest BCUT2D eigenvalue weighted by Gasteiger charge is 2.41. The van der Waals surface area contributed by atoms with Crippen LogP contribution < -0.4 is 5.32 Å². The van der Waals surface area contributed by atoms with Crippen molar-refractivity contribution in [2.45, 2.75) is 12.1 Å². The molecule has 3 aromatic rings. The Morgan fingerprint density at radius 3 is 2.83 bits per heavy atom. The number of alkyl halides is 1. The summed E-state index contributed by atoms with van der Waals surface area (Å²) in [4.78, 5) is 21.6. The van der Waals surface area contributed by atoms with Gasteiger partial charge in [0.25, 0.3) is 0 Å². The molecule has 0 saturated carbocycles. The van der Waals surface area contributed by atoms with Gasteiger partial charge in [-0.1, -0.05) is 35.8 Å². The Kier molecular flexibility index (Phi) is 5.34. The summed E-state index contributed by atoms with van der Waals surface area (Å²) in [5.74, 6) is -0.737. The summed E-state index contributed by atoms with van der Waals surface area (Å²) in [7, 11) is 0. The lowest BCUT2D eigenvalue weighted by Gasteiger charge is -2.21. The van der Waals surface area contributed by atoms with Crippen molar-refractivity contribution in [3.8, 4) is 0 Å². The van der Waals surface area contributed by atoms with Gasteiger partial charge in [0.2, 0.25) is 5.91 Å². The molecule has 0 spiro atoms. The average molecular weight is 449 g/mol. The van der Waals surface area contributed by atoms with Crippen molar-refractivity contribution in [2.24, 2.45) is 0 Å². The van der Waals surface area contributed by atoms with E-state index < -0.39 is 11.5 Å². The van der Waals surface area contributed by atoms with Gasteiger partial charge in [0.1, 0.15) is 12.1 Å². The molecule has 1 aliphatic rings.